The first-order valence-corrected chi connectivity index (χ1v) is 7.07. The highest BCUT2D eigenvalue weighted by Crippen LogP contribution is 2.15. The SMILES string of the molecule is Cc1cc(NCC(C)C)nc(N2CCN(C)CC2)n1. The summed E-state index contributed by atoms with van der Waals surface area (Å²) < 4.78 is 0. The topological polar surface area (TPSA) is 44.3 Å². The van der Waals surface area contributed by atoms with Gasteiger partial charge < -0.3 is 15.1 Å². The van der Waals surface area contributed by atoms with Crippen LogP contribution in [0.3, 0.4) is 0 Å². The fourth-order valence-electron chi connectivity index (χ4n) is 2.10. The Morgan fingerprint density at radius 2 is 1.89 bits per heavy atom. The van der Waals surface area contributed by atoms with Crippen LogP contribution in [0.4, 0.5) is 11.8 Å². The van der Waals surface area contributed by atoms with E-state index >= 15 is 0 Å². The van der Waals surface area contributed by atoms with E-state index in [0.29, 0.717) is 5.92 Å². The lowest BCUT2D eigenvalue weighted by Crippen LogP contribution is -2.45. The molecule has 0 saturated carbocycles. The van der Waals surface area contributed by atoms with Gasteiger partial charge in [-0.15, -0.1) is 0 Å². The second-order valence-electron chi connectivity index (χ2n) is 5.76. The minimum atomic E-state index is 0.613. The molecular weight excluding hydrogens is 238 g/mol. The van der Waals surface area contributed by atoms with Crippen LogP contribution in [-0.4, -0.2) is 54.6 Å². The lowest BCUT2D eigenvalue weighted by Gasteiger charge is -2.32. The maximum Gasteiger partial charge on any atom is 0.227 e. The van der Waals surface area contributed by atoms with Crippen molar-refractivity contribution < 1.29 is 0 Å². The van der Waals surface area contributed by atoms with Crippen LogP contribution < -0.4 is 10.2 Å². The molecule has 2 rings (SSSR count). The fourth-order valence-corrected chi connectivity index (χ4v) is 2.10. The molecule has 0 aromatic carbocycles. The molecule has 0 radical (unpaired) electrons. The first kappa shape index (κ1) is 14.1. The predicted molar refractivity (Wildman–Crippen MR) is 79.8 cm³/mol. The van der Waals surface area contributed by atoms with Crippen molar-refractivity contribution in [3.63, 3.8) is 0 Å². The van der Waals surface area contributed by atoms with E-state index in [-0.39, 0.29) is 0 Å². The van der Waals surface area contributed by atoms with Gasteiger partial charge in [-0.05, 0) is 19.9 Å². The van der Waals surface area contributed by atoms with Crippen molar-refractivity contribution in [3.05, 3.63) is 11.8 Å². The smallest absolute Gasteiger partial charge is 0.227 e. The third-order valence-electron chi connectivity index (χ3n) is 3.32. The van der Waals surface area contributed by atoms with Gasteiger partial charge in [-0.25, -0.2) is 4.98 Å². The van der Waals surface area contributed by atoms with E-state index in [2.05, 4.69) is 46.0 Å². The largest absolute Gasteiger partial charge is 0.370 e. The Balaban J connectivity index is 2.07. The Morgan fingerprint density at radius 3 is 2.53 bits per heavy atom. The molecule has 19 heavy (non-hydrogen) atoms. The standard InChI is InChI=1S/C14H25N5/c1-11(2)10-15-13-9-12(3)16-14(17-13)19-7-5-18(4)6-8-19/h9,11H,5-8,10H2,1-4H3,(H,15,16,17). The van der Waals surface area contributed by atoms with Crippen LogP contribution in [0.2, 0.25) is 0 Å². The molecule has 1 N–H and O–H groups in total. The summed E-state index contributed by atoms with van der Waals surface area (Å²) in [5.74, 6) is 2.41. The summed E-state index contributed by atoms with van der Waals surface area (Å²) in [5.41, 5.74) is 1.02. The van der Waals surface area contributed by atoms with E-state index in [4.69, 9.17) is 0 Å². The number of nitrogens with zero attached hydrogens (tertiary/aromatic N) is 4. The monoisotopic (exact) mass is 263 g/mol. The van der Waals surface area contributed by atoms with Gasteiger partial charge in [-0.2, -0.15) is 4.98 Å². The highest BCUT2D eigenvalue weighted by Gasteiger charge is 2.17. The molecule has 1 saturated heterocycles. The van der Waals surface area contributed by atoms with Crippen molar-refractivity contribution in [2.45, 2.75) is 20.8 Å². The van der Waals surface area contributed by atoms with E-state index in [1.165, 1.54) is 0 Å². The molecule has 1 aliphatic heterocycles. The molecule has 1 aliphatic rings. The molecule has 5 nitrogen and oxygen atoms in total. The summed E-state index contributed by atoms with van der Waals surface area (Å²) in [6, 6.07) is 2.02. The molecular formula is C14H25N5. The van der Waals surface area contributed by atoms with Crippen molar-refractivity contribution in [2.24, 2.45) is 5.92 Å². The lowest BCUT2D eigenvalue weighted by atomic mass is 10.2. The van der Waals surface area contributed by atoms with Gasteiger partial charge in [0.1, 0.15) is 5.82 Å². The molecule has 2 heterocycles. The maximum absolute atomic E-state index is 4.64. The molecule has 0 atom stereocenters. The van der Waals surface area contributed by atoms with Crippen LogP contribution in [0, 0.1) is 12.8 Å². The summed E-state index contributed by atoms with van der Waals surface area (Å²) in [5, 5.41) is 3.38. The average molecular weight is 263 g/mol. The lowest BCUT2D eigenvalue weighted by molar-refractivity contribution is 0.311. The van der Waals surface area contributed by atoms with Gasteiger partial charge >= 0.3 is 0 Å². The van der Waals surface area contributed by atoms with Crippen LogP contribution in [0.1, 0.15) is 19.5 Å². The number of hydrogen-bond acceptors (Lipinski definition) is 5. The number of aryl methyl sites for hydroxylation is 1. The van der Waals surface area contributed by atoms with Gasteiger partial charge in [-0.3, -0.25) is 0 Å². The maximum atomic E-state index is 4.64. The van der Waals surface area contributed by atoms with Gasteiger partial charge in [0.2, 0.25) is 5.95 Å². The predicted octanol–water partition coefficient (Wildman–Crippen LogP) is 1.60. The Hall–Kier alpha value is -1.36. The Morgan fingerprint density at radius 1 is 1.21 bits per heavy atom. The van der Waals surface area contributed by atoms with Crippen molar-refractivity contribution in [3.8, 4) is 0 Å². The van der Waals surface area contributed by atoms with E-state index in [1.807, 2.05) is 13.0 Å². The summed E-state index contributed by atoms with van der Waals surface area (Å²) in [6.45, 7) is 11.5. The van der Waals surface area contributed by atoms with Crippen LogP contribution in [0.5, 0.6) is 0 Å². The summed E-state index contributed by atoms with van der Waals surface area (Å²) in [7, 11) is 2.16. The zero-order valence-electron chi connectivity index (χ0n) is 12.5. The number of anilines is 2. The van der Waals surface area contributed by atoms with Gasteiger partial charge in [0.25, 0.3) is 0 Å². The minimum absolute atomic E-state index is 0.613. The molecule has 0 unspecified atom stereocenters. The summed E-state index contributed by atoms with van der Waals surface area (Å²) in [4.78, 5) is 13.8. The van der Waals surface area contributed by atoms with Crippen molar-refractivity contribution >= 4 is 11.8 Å². The van der Waals surface area contributed by atoms with Gasteiger partial charge in [0.05, 0.1) is 0 Å². The Kier molecular flexibility index (Phi) is 4.58. The van der Waals surface area contributed by atoms with Crippen molar-refractivity contribution in [1.29, 1.82) is 0 Å². The minimum Gasteiger partial charge on any atom is -0.370 e. The molecule has 1 fully saturated rings. The van der Waals surface area contributed by atoms with E-state index < -0.39 is 0 Å². The van der Waals surface area contributed by atoms with E-state index in [1.54, 1.807) is 0 Å². The number of rotatable bonds is 4. The summed E-state index contributed by atoms with van der Waals surface area (Å²) in [6.07, 6.45) is 0. The highest BCUT2D eigenvalue weighted by molar-refractivity contribution is 5.44. The average Bonchev–Trinajstić information content (AvgIpc) is 2.36. The second kappa shape index (κ2) is 6.19. The van der Waals surface area contributed by atoms with Crippen LogP contribution in [0.15, 0.2) is 6.07 Å². The number of aromatic nitrogens is 2. The summed E-state index contributed by atoms with van der Waals surface area (Å²) >= 11 is 0. The molecule has 0 spiro atoms. The molecule has 106 valence electrons. The van der Waals surface area contributed by atoms with E-state index in [0.717, 1.165) is 50.2 Å². The molecule has 5 heteroatoms. The quantitative estimate of drug-likeness (QED) is 0.894. The third-order valence-corrected chi connectivity index (χ3v) is 3.32. The molecule has 0 aliphatic carbocycles. The van der Waals surface area contributed by atoms with Crippen LogP contribution in [0.25, 0.3) is 0 Å². The van der Waals surface area contributed by atoms with E-state index in [9.17, 15) is 0 Å². The third kappa shape index (κ3) is 4.06. The zero-order valence-corrected chi connectivity index (χ0v) is 12.5. The van der Waals surface area contributed by atoms with Crippen molar-refractivity contribution in [2.75, 3.05) is 50.0 Å². The molecule has 1 aromatic heterocycles. The van der Waals surface area contributed by atoms with Gasteiger partial charge in [-0.1, -0.05) is 13.8 Å². The van der Waals surface area contributed by atoms with Crippen LogP contribution in [-0.2, 0) is 0 Å². The van der Waals surface area contributed by atoms with Crippen molar-refractivity contribution in [1.82, 2.24) is 14.9 Å². The van der Waals surface area contributed by atoms with Gasteiger partial charge in [0.15, 0.2) is 0 Å². The van der Waals surface area contributed by atoms with Crippen LogP contribution >= 0.6 is 0 Å². The number of nitrogens with one attached hydrogen (secondary N) is 1. The Labute approximate surface area is 116 Å². The first-order chi connectivity index (χ1) is 9.04. The number of likely N-dealkylation sites (N-methyl/N-ethyl adjacent to an activating group) is 1. The zero-order chi connectivity index (χ0) is 13.8. The highest BCUT2D eigenvalue weighted by atomic mass is 15.3. The number of hydrogen-bond donors (Lipinski definition) is 1. The first-order valence-electron chi connectivity index (χ1n) is 7.07. The van der Waals surface area contributed by atoms with Gasteiger partial charge in [0, 0.05) is 44.5 Å². The molecule has 0 bridgehead atoms. The second-order valence-corrected chi connectivity index (χ2v) is 5.76. The normalized spacial score (nSPS) is 17.0. The molecule has 1 aromatic rings. The number of piperazine rings is 1. The Bertz CT molecular complexity index is 410. The fraction of sp³-hybridized carbons (Fsp3) is 0.714. The molecule has 0 amide bonds.